The molecule has 1 N–H and O–H groups in total. The van der Waals surface area contributed by atoms with Crippen LogP contribution in [0.25, 0.3) is 11.5 Å². The molecule has 3 aromatic rings. The van der Waals surface area contributed by atoms with E-state index in [1.807, 2.05) is 36.4 Å². The topological polar surface area (TPSA) is 83.7 Å². The minimum atomic E-state index is -0.453. The van der Waals surface area contributed by atoms with Crippen LogP contribution in [0.2, 0.25) is 0 Å². The third-order valence-corrected chi connectivity index (χ3v) is 4.95. The lowest BCUT2D eigenvalue weighted by Crippen LogP contribution is -2.44. The molecule has 8 nitrogen and oxygen atoms in total. The number of hydrogen-bond donors (Lipinski definition) is 1. The Morgan fingerprint density at radius 1 is 1.03 bits per heavy atom. The number of carbonyl (C=O) groups is 1. The van der Waals surface area contributed by atoms with E-state index in [4.69, 9.17) is 9.15 Å². The van der Waals surface area contributed by atoms with Crippen molar-refractivity contribution in [3.63, 3.8) is 0 Å². The van der Waals surface area contributed by atoms with E-state index in [2.05, 4.69) is 32.4 Å². The SMILES string of the molecule is COc1ccccc1-c1nnc(C(=O)Nc2ccc(N3CCN(C)CC3)cc2)o1. The number of para-hydroxylation sites is 1. The van der Waals surface area contributed by atoms with Gasteiger partial charge >= 0.3 is 11.8 Å². The van der Waals surface area contributed by atoms with Crippen LogP contribution in [-0.4, -0.2) is 61.3 Å². The molecule has 1 amide bonds. The molecule has 2 aromatic carbocycles. The number of ether oxygens (including phenoxy) is 1. The Balaban J connectivity index is 1.43. The smallest absolute Gasteiger partial charge is 0.313 e. The minimum Gasteiger partial charge on any atom is -0.496 e. The third kappa shape index (κ3) is 4.22. The molecule has 4 rings (SSSR count). The molecule has 0 bridgehead atoms. The number of anilines is 2. The van der Waals surface area contributed by atoms with E-state index in [-0.39, 0.29) is 11.8 Å². The second-order valence-corrected chi connectivity index (χ2v) is 6.90. The second-order valence-electron chi connectivity index (χ2n) is 6.90. The second kappa shape index (κ2) is 8.32. The zero-order valence-corrected chi connectivity index (χ0v) is 16.5. The first-order valence-corrected chi connectivity index (χ1v) is 9.46. The molecule has 0 aliphatic carbocycles. The van der Waals surface area contributed by atoms with E-state index in [0.717, 1.165) is 31.9 Å². The van der Waals surface area contributed by atoms with E-state index in [9.17, 15) is 4.79 Å². The molecule has 1 aliphatic heterocycles. The van der Waals surface area contributed by atoms with Gasteiger partial charge in [0.15, 0.2) is 0 Å². The molecule has 2 heterocycles. The van der Waals surface area contributed by atoms with Crippen LogP contribution >= 0.6 is 0 Å². The quantitative estimate of drug-likeness (QED) is 0.713. The zero-order valence-electron chi connectivity index (χ0n) is 16.5. The van der Waals surface area contributed by atoms with Crippen molar-refractivity contribution in [2.24, 2.45) is 0 Å². The van der Waals surface area contributed by atoms with Crippen molar-refractivity contribution in [1.82, 2.24) is 15.1 Å². The van der Waals surface area contributed by atoms with Gasteiger partial charge in [-0.15, -0.1) is 10.2 Å². The molecule has 0 radical (unpaired) electrons. The summed E-state index contributed by atoms with van der Waals surface area (Å²) >= 11 is 0. The summed E-state index contributed by atoms with van der Waals surface area (Å²) in [4.78, 5) is 17.1. The number of aromatic nitrogens is 2. The van der Waals surface area contributed by atoms with Gasteiger partial charge in [-0.3, -0.25) is 4.79 Å². The van der Waals surface area contributed by atoms with Gasteiger partial charge in [0.1, 0.15) is 5.75 Å². The van der Waals surface area contributed by atoms with E-state index >= 15 is 0 Å². The lowest BCUT2D eigenvalue weighted by atomic mass is 10.2. The predicted molar refractivity (Wildman–Crippen MR) is 110 cm³/mol. The Morgan fingerprint density at radius 2 is 1.76 bits per heavy atom. The number of nitrogens with one attached hydrogen (secondary N) is 1. The van der Waals surface area contributed by atoms with Gasteiger partial charge in [0, 0.05) is 37.6 Å². The molecule has 1 aromatic heterocycles. The highest BCUT2D eigenvalue weighted by molar-refractivity contribution is 6.01. The van der Waals surface area contributed by atoms with E-state index in [1.165, 1.54) is 0 Å². The summed E-state index contributed by atoms with van der Waals surface area (Å²) in [5.74, 6) is 0.278. The highest BCUT2D eigenvalue weighted by Crippen LogP contribution is 2.28. The van der Waals surface area contributed by atoms with Crippen molar-refractivity contribution in [2.45, 2.75) is 0 Å². The van der Waals surface area contributed by atoms with Crippen LogP contribution in [0.5, 0.6) is 5.75 Å². The minimum absolute atomic E-state index is 0.103. The van der Waals surface area contributed by atoms with Crippen molar-refractivity contribution < 1.29 is 13.9 Å². The summed E-state index contributed by atoms with van der Waals surface area (Å²) in [6, 6.07) is 15.0. The van der Waals surface area contributed by atoms with Gasteiger partial charge in [0.2, 0.25) is 0 Å². The summed E-state index contributed by atoms with van der Waals surface area (Å²) in [5, 5.41) is 10.6. The van der Waals surface area contributed by atoms with Crippen LogP contribution in [0.3, 0.4) is 0 Å². The van der Waals surface area contributed by atoms with Gasteiger partial charge < -0.3 is 24.3 Å². The van der Waals surface area contributed by atoms with Crippen molar-refractivity contribution >= 4 is 17.3 Å². The van der Waals surface area contributed by atoms with Crippen LogP contribution in [0.1, 0.15) is 10.7 Å². The Bertz CT molecular complexity index is 978. The summed E-state index contributed by atoms with van der Waals surface area (Å²) in [5.41, 5.74) is 2.45. The summed E-state index contributed by atoms with van der Waals surface area (Å²) in [6.45, 7) is 4.08. The third-order valence-electron chi connectivity index (χ3n) is 4.95. The number of piperazine rings is 1. The maximum absolute atomic E-state index is 12.5. The first kappa shape index (κ1) is 18.9. The first-order chi connectivity index (χ1) is 14.1. The number of methoxy groups -OCH3 is 1. The van der Waals surface area contributed by atoms with E-state index in [1.54, 1.807) is 19.2 Å². The molecular weight excluding hydrogens is 370 g/mol. The fourth-order valence-corrected chi connectivity index (χ4v) is 3.25. The molecule has 1 fully saturated rings. The first-order valence-electron chi connectivity index (χ1n) is 9.46. The van der Waals surface area contributed by atoms with Crippen molar-refractivity contribution in [3.05, 3.63) is 54.4 Å². The number of nitrogens with zero attached hydrogens (tertiary/aromatic N) is 4. The van der Waals surface area contributed by atoms with Crippen LogP contribution < -0.4 is 15.0 Å². The molecule has 1 aliphatic rings. The Kier molecular flexibility index (Phi) is 5.44. The molecule has 0 saturated carbocycles. The van der Waals surface area contributed by atoms with Crippen LogP contribution in [0.4, 0.5) is 11.4 Å². The molecule has 1 saturated heterocycles. The summed E-state index contributed by atoms with van der Waals surface area (Å²) < 4.78 is 10.8. The Morgan fingerprint density at radius 3 is 2.48 bits per heavy atom. The number of hydrogen-bond acceptors (Lipinski definition) is 7. The van der Waals surface area contributed by atoms with Crippen LogP contribution in [0.15, 0.2) is 52.9 Å². The molecule has 0 atom stereocenters. The van der Waals surface area contributed by atoms with Crippen molar-refractivity contribution in [1.29, 1.82) is 0 Å². The summed E-state index contributed by atoms with van der Waals surface area (Å²) in [6.07, 6.45) is 0. The van der Waals surface area contributed by atoms with E-state index in [0.29, 0.717) is 17.0 Å². The van der Waals surface area contributed by atoms with Crippen molar-refractivity contribution in [2.75, 3.05) is 50.6 Å². The Hall–Kier alpha value is -3.39. The molecule has 29 heavy (non-hydrogen) atoms. The zero-order chi connectivity index (χ0) is 20.2. The molecule has 150 valence electrons. The fourth-order valence-electron chi connectivity index (χ4n) is 3.25. The van der Waals surface area contributed by atoms with Crippen molar-refractivity contribution in [3.8, 4) is 17.2 Å². The van der Waals surface area contributed by atoms with Crippen LogP contribution in [0, 0.1) is 0 Å². The van der Waals surface area contributed by atoms with Crippen LogP contribution in [-0.2, 0) is 0 Å². The van der Waals surface area contributed by atoms with Gasteiger partial charge in [-0.05, 0) is 43.4 Å². The lowest BCUT2D eigenvalue weighted by molar-refractivity contribution is 0.0991. The van der Waals surface area contributed by atoms with Gasteiger partial charge in [-0.2, -0.15) is 0 Å². The lowest BCUT2D eigenvalue weighted by Gasteiger charge is -2.34. The predicted octanol–water partition coefficient (Wildman–Crippen LogP) is 2.75. The highest BCUT2D eigenvalue weighted by atomic mass is 16.5. The number of benzene rings is 2. The van der Waals surface area contributed by atoms with E-state index < -0.39 is 5.91 Å². The number of carbonyl (C=O) groups excluding carboxylic acids is 1. The standard InChI is InChI=1S/C21H23N5O3/c1-25-11-13-26(14-12-25)16-9-7-15(8-10-16)22-19(27)21-24-23-20(29-21)17-5-3-4-6-18(17)28-2/h3-10H,11-14H2,1-2H3,(H,22,27). The average Bonchev–Trinajstić information content (AvgIpc) is 3.25. The van der Waals surface area contributed by atoms with Gasteiger partial charge in [0.25, 0.3) is 5.89 Å². The molecule has 0 spiro atoms. The molecular formula is C21H23N5O3. The molecule has 0 unspecified atom stereocenters. The number of likely N-dealkylation sites (N-methyl/N-ethyl adjacent to an activating group) is 1. The monoisotopic (exact) mass is 393 g/mol. The normalized spacial score (nSPS) is 14.6. The maximum Gasteiger partial charge on any atom is 0.313 e. The summed E-state index contributed by atoms with van der Waals surface area (Å²) in [7, 11) is 3.70. The number of rotatable bonds is 5. The fraction of sp³-hybridized carbons (Fsp3) is 0.286. The average molecular weight is 393 g/mol. The maximum atomic E-state index is 12.5. The molecule has 8 heteroatoms. The Labute approximate surface area is 169 Å². The number of amides is 1. The van der Waals surface area contributed by atoms with Gasteiger partial charge in [-0.25, -0.2) is 0 Å². The highest BCUT2D eigenvalue weighted by Gasteiger charge is 2.19. The largest absolute Gasteiger partial charge is 0.496 e. The van der Waals surface area contributed by atoms with Gasteiger partial charge in [-0.1, -0.05) is 12.1 Å². The van der Waals surface area contributed by atoms with Gasteiger partial charge in [0.05, 0.1) is 12.7 Å².